The lowest BCUT2D eigenvalue weighted by Crippen LogP contribution is -2.18. The van der Waals surface area contributed by atoms with E-state index in [9.17, 15) is 0 Å². The van der Waals surface area contributed by atoms with E-state index in [1.165, 1.54) is 46.8 Å². The summed E-state index contributed by atoms with van der Waals surface area (Å²) in [6.45, 7) is 2.17. The molecule has 1 aliphatic carbocycles. The van der Waals surface area contributed by atoms with E-state index in [4.69, 9.17) is 5.73 Å². The predicted molar refractivity (Wildman–Crippen MR) is 87.6 cm³/mol. The van der Waals surface area contributed by atoms with Crippen LogP contribution in [0, 0.1) is 0 Å². The summed E-state index contributed by atoms with van der Waals surface area (Å²) in [5, 5.41) is 4.25. The summed E-state index contributed by atoms with van der Waals surface area (Å²) < 4.78 is 4.11. The van der Waals surface area contributed by atoms with Crippen molar-refractivity contribution in [1.82, 2.24) is 9.59 Å². The molecule has 0 saturated heterocycles. The zero-order valence-electron chi connectivity index (χ0n) is 12.6. The molecule has 1 heterocycles. The zero-order chi connectivity index (χ0) is 14.7. The van der Waals surface area contributed by atoms with Crippen molar-refractivity contribution in [3.8, 4) is 0 Å². The molecule has 2 atom stereocenters. The van der Waals surface area contributed by atoms with Crippen LogP contribution in [0.25, 0.3) is 0 Å². The van der Waals surface area contributed by atoms with E-state index in [0.29, 0.717) is 5.92 Å². The molecule has 2 N–H and O–H groups in total. The summed E-state index contributed by atoms with van der Waals surface area (Å²) in [5.74, 6) is 0.585. The minimum absolute atomic E-state index is 0.0720. The largest absolute Gasteiger partial charge is 0.323 e. The first-order chi connectivity index (χ1) is 10.3. The molecule has 1 aromatic carbocycles. The van der Waals surface area contributed by atoms with Crippen LogP contribution >= 0.6 is 11.5 Å². The predicted octanol–water partition coefficient (Wildman–Crippen LogP) is 4.00. The van der Waals surface area contributed by atoms with Gasteiger partial charge in [0.25, 0.3) is 0 Å². The van der Waals surface area contributed by atoms with E-state index < -0.39 is 0 Å². The molecular weight excluding hydrogens is 278 g/mol. The number of fused-ring (bicyclic) bond motifs is 1. The molecule has 0 radical (unpaired) electrons. The van der Waals surface area contributed by atoms with Crippen molar-refractivity contribution >= 4 is 11.5 Å². The van der Waals surface area contributed by atoms with Crippen molar-refractivity contribution in [2.45, 2.75) is 57.4 Å². The molecule has 0 fully saturated rings. The van der Waals surface area contributed by atoms with Gasteiger partial charge in [-0.3, -0.25) is 0 Å². The van der Waals surface area contributed by atoms with Gasteiger partial charge in [0.15, 0.2) is 0 Å². The quantitative estimate of drug-likeness (QED) is 0.908. The number of aromatic nitrogens is 2. The van der Waals surface area contributed by atoms with Crippen LogP contribution < -0.4 is 5.73 Å². The molecule has 3 rings (SSSR count). The maximum absolute atomic E-state index is 6.49. The molecular formula is C17H23N3S. The number of hydrogen-bond acceptors (Lipinski definition) is 4. The third kappa shape index (κ3) is 3.16. The highest BCUT2D eigenvalue weighted by molar-refractivity contribution is 7.05. The normalized spacial score (nSPS) is 19.2. The molecule has 21 heavy (non-hydrogen) atoms. The first-order valence-electron chi connectivity index (χ1n) is 7.94. The third-order valence-electron chi connectivity index (χ3n) is 4.44. The maximum atomic E-state index is 6.49. The molecule has 1 aliphatic rings. The van der Waals surface area contributed by atoms with Gasteiger partial charge < -0.3 is 5.73 Å². The Bertz CT molecular complexity index is 593. The standard InChI is InChI=1S/C17H23N3S/c1-2-6-16-17(21-20-19-16)15(18)11-13-9-5-8-12-7-3-4-10-14(12)13/h3-4,7,10,13,15H,2,5-6,8-9,11,18H2,1H3. The monoisotopic (exact) mass is 301 g/mol. The highest BCUT2D eigenvalue weighted by Gasteiger charge is 2.24. The molecule has 0 bridgehead atoms. The zero-order valence-corrected chi connectivity index (χ0v) is 13.4. The van der Waals surface area contributed by atoms with E-state index in [1.54, 1.807) is 0 Å². The van der Waals surface area contributed by atoms with Gasteiger partial charge in [0, 0.05) is 6.04 Å². The Morgan fingerprint density at radius 3 is 3.10 bits per heavy atom. The average Bonchev–Trinajstić information content (AvgIpc) is 2.96. The lowest BCUT2D eigenvalue weighted by molar-refractivity contribution is 0.477. The van der Waals surface area contributed by atoms with E-state index in [2.05, 4.69) is 40.8 Å². The smallest absolute Gasteiger partial charge is 0.0803 e. The molecule has 2 unspecified atom stereocenters. The number of nitrogens with zero attached hydrogens (tertiary/aromatic N) is 2. The van der Waals surface area contributed by atoms with Gasteiger partial charge >= 0.3 is 0 Å². The summed E-state index contributed by atoms with van der Waals surface area (Å²) in [4.78, 5) is 1.19. The Balaban J connectivity index is 1.76. The van der Waals surface area contributed by atoms with Gasteiger partial charge in [0.2, 0.25) is 0 Å². The van der Waals surface area contributed by atoms with Crippen LogP contribution in [0.15, 0.2) is 24.3 Å². The molecule has 0 spiro atoms. The van der Waals surface area contributed by atoms with Crippen LogP contribution in [0.4, 0.5) is 0 Å². The first kappa shape index (κ1) is 14.7. The van der Waals surface area contributed by atoms with Crippen molar-refractivity contribution in [3.63, 3.8) is 0 Å². The van der Waals surface area contributed by atoms with Gasteiger partial charge in [-0.15, -0.1) is 5.10 Å². The van der Waals surface area contributed by atoms with Gasteiger partial charge in [-0.2, -0.15) is 0 Å². The van der Waals surface area contributed by atoms with Gasteiger partial charge in [-0.05, 0) is 60.7 Å². The molecule has 2 aromatic rings. The van der Waals surface area contributed by atoms with Crippen LogP contribution in [0.2, 0.25) is 0 Å². The second-order valence-corrected chi connectivity index (χ2v) is 6.75. The van der Waals surface area contributed by atoms with Gasteiger partial charge in [-0.25, -0.2) is 0 Å². The lowest BCUT2D eigenvalue weighted by Gasteiger charge is -2.27. The lowest BCUT2D eigenvalue weighted by atomic mass is 9.79. The summed E-state index contributed by atoms with van der Waals surface area (Å²) in [6.07, 6.45) is 6.83. The highest BCUT2D eigenvalue weighted by atomic mass is 32.1. The molecule has 0 amide bonds. The van der Waals surface area contributed by atoms with Crippen molar-refractivity contribution < 1.29 is 0 Å². The topological polar surface area (TPSA) is 51.8 Å². The van der Waals surface area contributed by atoms with Crippen molar-refractivity contribution in [3.05, 3.63) is 46.0 Å². The molecule has 3 nitrogen and oxygen atoms in total. The van der Waals surface area contributed by atoms with E-state index in [-0.39, 0.29) is 6.04 Å². The number of aryl methyl sites for hydroxylation is 2. The summed E-state index contributed by atoms with van der Waals surface area (Å²) >= 11 is 1.48. The Labute approximate surface area is 130 Å². The van der Waals surface area contributed by atoms with Crippen molar-refractivity contribution in [2.24, 2.45) is 5.73 Å². The second kappa shape index (κ2) is 6.67. The minimum atomic E-state index is 0.0720. The molecule has 0 saturated carbocycles. The number of rotatable bonds is 5. The van der Waals surface area contributed by atoms with Crippen LogP contribution in [0.1, 0.15) is 66.3 Å². The minimum Gasteiger partial charge on any atom is -0.323 e. The first-order valence-corrected chi connectivity index (χ1v) is 8.71. The van der Waals surface area contributed by atoms with Crippen LogP contribution in [-0.4, -0.2) is 9.59 Å². The van der Waals surface area contributed by atoms with Gasteiger partial charge in [0.05, 0.1) is 10.6 Å². The number of benzene rings is 1. The second-order valence-electron chi connectivity index (χ2n) is 5.96. The van der Waals surface area contributed by atoms with E-state index in [1.807, 2.05) is 0 Å². The molecule has 4 heteroatoms. The Morgan fingerprint density at radius 2 is 2.24 bits per heavy atom. The molecule has 112 valence electrons. The fourth-order valence-electron chi connectivity index (χ4n) is 3.42. The SMILES string of the molecule is CCCc1nnsc1C(N)CC1CCCc2ccccc21. The molecule has 1 aromatic heterocycles. The summed E-state index contributed by atoms with van der Waals surface area (Å²) in [7, 11) is 0. The maximum Gasteiger partial charge on any atom is 0.0803 e. The Hall–Kier alpha value is -1.26. The summed E-state index contributed by atoms with van der Waals surface area (Å²) in [5.41, 5.74) is 10.6. The van der Waals surface area contributed by atoms with E-state index >= 15 is 0 Å². The number of nitrogens with two attached hydrogens (primary N) is 1. The average molecular weight is 301 g/mol. The summed E-state index contributed by atoms with van der Waals surface area (Å²) in [6, 6.07) is 8.92. The molecule has 0 aliphatic heterocycles. The van der Waals surface area contributed by atoms with Crippen LogP contribution in [-0.2, 0) is 12.8 Å². The van der Waals surface area contributed by atoms with E-state index in [0.717, 1.165) is 25.0 Å². The third-order valence-corrected chi connectivity index (χ3v) is 5.34. The number of hydrogen-bond donors (Lipinski definition) is 1. The van der Waals surface area contributed by atoms with Crippen molar-refractivity contribution in [1.29, 1.82) is 0 Å². The highest BCUT2D eigenvalue weighted by Crippen LogP contribution is 2.38. The fourth-order valence-corrected chi connectivity index (χ4v) is 4.13. The Morgan fingerprint density at radius 1 is 1.38 bits per heavy atom. The van der Waals surface area contributed by atoms with Crippen molar-refractivity contribution in [2.75, 3.05) is 0 Å². The Kier molecular flexibility index (Phi) is 4.66. The van der Waals surface area contributed by atoms with Crippen LogP contribution in [0.5, 0.6) is 0 Å². The van der Waals surface area contributed by atoms with Gasteiger partial charge in [-0.1, -0.05) is 42.1 Å². The van der Waals surface area contributed by atoms with Gasteiger partial charge in [0.1, 0.15) is 0 Å². The fraction of sp³-hybridized carbons (Fsp3) is 0.529. The van der Waals surface area contributed by atoms with Crippen LogP contribution in [0.3, 0.4) is 0 Å².